The zero-order valence-corrected chi connectivity index (χ0v) is 22.7. The highest BCUT2D eigenvalue weighted by atomic mass is 32.2. The zero-order chi connectivity index (χ0) is 27.0. The highest BCUT2D eigenvalue weighted by molar-refractivity contribution is 7.89. The number of carbonyl (C=O) groups excluding carboxylic acids is 1. The summed E-state index contributed by atoms with van der Waals surface area (Å²) < 4.78 is 33.9. The van der Waals surface area contributed by atoms with Crippen LogP contribution in [-0.2, 0) is 22.9 Å². The first kappa shape index (κ1) is 25.5. The third kappa shape index (κ3) is 5.12. The van der Waals surface area contributed by atoms with E-state index in [9.17, 15) is 13.2 Å². The van der Waals surface area contributed by atoms with Crippen LogP contribution in [0.1, 0.15) is 39.9 Å². The largest absolute Gasteiger partial charge is 0.416 e. The van der Waals surface area contributed by atoms with Gasteiger partial charge in [-0.2, -0.15) is 4.31 Å². The number of carbonyl (C=O) groups is 1. The van der Waals surface area contributed by atoms with E-state index in [4.69, 9.17) is 4.42 Å². The zero-order valence-electron chi connectivity index (χ0n) is 21.8. The number of amides is 1. The van der Waals surface area contributed by atoms with Crippen LogP contribution in [-0.4, -0.2) is 59.9 Å². The Kier molecular flexibility index (Phi) is 6.78. The number of aromatic nitrogens is 2. The number of piperazine rings is 1. The van der Waals surface area contributed by atoms with E-state index in [1.807, 2.05) is 43.3 Å². The topological polar surface area (TPSA) is 96.6 Å². The van der Waals surface area contributed by atoms with E-state index in [1.165, 1.54) is 9.87 Å². The fourth-order valence-electron chi connectivity index (χ4n) is 5.24. The van der Waals surface area contributed by atoms with Crippen LogP contribution in [0.15, 0.2) is 76.0 Å². The van der Waals surface area contributed by atoms with Crippen molar-refractivity contribution in [1.29, 1.82) is 0 Å². The van der Waals surface area contributed by atoms with Gasteiger partial charge in [0.15, 0.2) is 0 Å². The normalized spacial score (nSPS) is 16.2. The van der Waals surface area contributed by atoms with Gasteiger partial charge in [-0.05, 0) is 92.3 Å². The second kappa shape index (κ2) is 10.4. The van der Waals surface area contributed by atoms with Crippen molar-refractivity contribution >= 4 is 15.9 Å². The lowest BCUT2D eigenvalue weighted by molar-refractivity contribution is 0.0698. The highest BCUT2D eigenvalue weighted by Gasteiger charge is 2.31. The van der Waals surface area contributed by atoms with Gasteiger partial charge >= 0.3 is 0 Å². The SMILES string of the molecule is Cc1ccc(-c2nnc(-c3ccc(C(=O)N4CCN(S(=O)(=O)c5ccc6c(c5)CCCC6)CC4)cc3)o2)cc1. The van der Waals surface area contributed by atoms with Crippen LogP contribution in [0, 0.1) is 6.92 Å². The standard InChI is InChI=1S/C30H30N4O4S/c1-21-6-8-23(9-7-21)28-31-32-29(38-28)24-10-12-25(13-11-24)30(35)33-16-18-34(19-17-33)39(36,37)27-15-14-22-4-2-3-5-26(22)20-27/h6-15,20H,2-5,16-19H2,1H3. The molecule has 0 radical (unpaired) electrons. The molecule has 4 aromatic rings. The first-order valence-electron chi connectivity index (χ1n) is 13.3. The second-order valence-corrected chi connectivity index (χ2v) is 12.1. The minimum Gasteiger partial charge on any atom is -0.416 e. The molecular formula is C30H30N4O4S. The molecule has 3 aromatic carbocycles. The molecule has 1 saturated heterocycles. The van der Waals surface area contributed by atoms with Crippen LogP contribution < -0.4 is 0 Å². The lowest BCUT2D eigenvalue weighted by atomic mass is 9.92. The van der Waals surface area contributed by atoms with Gasteiger partial charge in [0.2, 0.25) is 21.8 Å². The molecule has 39 heavy (non-hydrogen) atoms. The Balaban J connectivity index is 1.10. The van der Waals surface area contributed by atoms with Crippen LogP contribution in [0.25, 0.3) is 22.9 Å². The number of rotatable bonds is 5. The van der Waals surface area contributed by atoms with E-state index in [1.54, 1.807) is 35.2 Å². The summed E-state index contributed by atoms with van der Waals surface area (Å²) in [5.41, 5.74) is 5.65. The van der Waals surface area contributed by atoms with Gasteiger partial charge in [-0.3, -0.25) is 4.79 Å². The summed E-state index contributed by atoms with van der Waals surface area (Å²) in [5, 5.41) is 8.30. The van der Waals surface area contributed by atoms with Crippen molar-refractivity contribution in [3.63, 3.8) is 0 Å². The van der Waals surface area contributed by atoms with Crippen molar-refractivity contribution in [2.24, 2.45) is 0 Å². The first-order chi connectivity index (χ1) is 18.9. The molecule has 9 heteroatoms. The number of fused-ring (bicyclic) bond motifs is 1. The smallest absolute Gasteiger partial charge is 0.253 e. The molecule has 0 bridgehead atoms. The number of hydrogen-bond donors (Lipinski definition) is 0. The molecule has 0 N–H and O–H groups in total. The predicted molar refractivity (Wildman–Crippen MR) is 148 cm³/mol. The third-order valence-electron chi connectivity index (χ3n) is 7.59. The Hall–Kier alpha value is -3.82. The van der Waals surface area contributed by atoms with Gasteiger partial charge in [-0.15, -0.1) is 10.2 Å². The Bertz CT molecular complexity index is 1600. The minimum atomic E-state index is -3.59. The van der Waals surface area contributed by atoms with Crippen LogP contribution in [0.5, 0.6) is 0 Å². The van der Waals surface area contributed by atoms with Gasteiger partial charge in [0.25, 0.3) is 5.91 Å². The number of sulfonamides is 1. The van der Waals surface area contributed by atoms with Crippen molar-refractivity contribution in [2.75, 3.05) is 26.2 Å². The van der Waals surface area contributed by atoms with E-state index in [0.29, 0.717) is 35.3 Å². The number of hydrogen-bond acceptors (Lipinski definition) is 6. The lowest BCUT2D eigenvalue weighted by Crippen LogP contribution is -2.50. The maximum absolute atomic E-state index is 13.3. The fraction of sp³-hybridized carbons (Fsp3) is 0.300. The Morgan fingerprint density at radius 2 is 1.36 bits per heavy atom. The molecule has 0 spiro atoms. The highest BCUT2D eigenvalue weighted by Crippen LogP contribution is 2.27. The van der Waals surface area contributed by atoms with Crippen molar-refractivity contribution in [1.82, 2.24) is 19.4 Å². The molecule has 200 valence electrons. The van der Waals surface area contributed by atoms with Gasteiger partial charge in [-0.1, -0.05) is 23.8 Å². The maximum atomic E-state index is 13.3. The molecule has 1 aliphatic heterocycles. The first-order valence-corrected chi connectivity index (χ1v) is 14.7. The fourth-order valence-corrected chi connectivity index (χ4v) is 6.71. The van der Waals surface area contributed by atoms with E-state index in [0.717, 1.165) is 47.9 Å². The molecule has 1 fully saturated rings. The van der Waals surface area contributed by atoms with Crippen molar-refractivity contribution in [2.45, 2.75) is 37.5 Å². The molecule has 1 aliphatic carbocycles. The summed E-state index contributed by atoms with van der Waals surface area (Å²) in [6, 6.07) is 20.4. The van der Waals surface area contributed by atoms with Crippen molar-refractivity contribution in [3.8, 4) is 22.9 Å². The summed E-state index contributed by atoms with van der Waals surface area (Å²) in [7, 11) is -3.59. The molecule has 8 nitrogen and oxygen atoms in total. The van der Waals surface area contributed by atoms with Crippen molar-refractivity contribution in [3.05, 3.63) is 89.0 Å². The summed E-state index contributed by atoms with van der Waals surface area (Å²) in [4.78, 5) is 15.2. The monoisotopic (exact) mass is 542 g/mol. The van der Waals surface area contributed by atoms with Gasteiger partial charge in [0.1, 0.15) is 0 Å². The molecule has 0 atom stereocenters. The van der Waals surface area contributed by atoms with E-state index >= 15 is 0 Å². The minimum absolute atomic E-state index is 0.127. The second-order valence-electron chi connectivity index (χ2n) is 10.2. The molecule has 0 saturated carbocycles. The summed E-state index contributed by atoms with van der Waals surface area (Å²) in [6.07, 6.45) is 4.20. The summed E-state index contributed by atoms with van der Waals surface area (Å²) >= 11 is 0. The van der Waals surface area contributed by atoms with Gasteiger partial charge < -0.3 is 9.32 Å². The predicted octanol–water partition coefficient (Wildman–Crippen LogP) is 4.74. The van der Waals surface area contributed by atoms with Gasteiger partial charge in [0.05, 0.1) is 4.90 Å². The summed E-state index contributed by atoms with van der Waals surface area (Å²) in [6.45, 7) is 3.24. The number of benzene rings is 3. The molecule has 2 heterocycles. The molecule has 1 amide bonds. The van der Waals surface area contributed by atoms with Gasteiger partial charge in [-0.25, -0.2) is 8.42 Å². The molecule has 6 rings (SSSR count). The van der Waals surface area contributed by atoms with Crippen LogP contribution in [0.2, 0.25) is 0 Å². The number of aryl methyl sites for hydroxylation is 3. The van der Waals surface area contributed by atoms with Gasteiger partial charge in [0, 0.05) is 42.9 Å². The van der Waals surface area contributed by atoms with E-state index < -0.39 is 10.0 Å². The Morgan fingerprint density at radius 3 is 2.00 bits per heavy atom. The molecule has 1 aromatic heterocycles. The average Bonchev–Trinajstić information content (AvgIpc) is 3.47. The lowest BCUT2D eigenvalue weighted by Gasteiger charge is -2.34. The van der Waals surface area contributed by atoms with E-state index in [-0.39, 0.29) is 19.0 Å². The molecular weight excluding hydrogens is 512 g/mol. The molecule has 2 aliphatic rings. The Labute approximate surface area is 228 Å². The van der Waals surface area contributed by atoms with Crippen LogP contribution in [0.4, 0.5) is 0 Å². The van der Waals surface area contributed by atoms with Crippen LogP contribution >= 0.6 is 0 Å². The average molecular weight is 543 g/mol. The quantitative estimate of drug-likeness (QED) is 0.362. The molecule has 0 unspecified atom stereocenters. The van der Waals surface area contributed by atoms with E-state index in [2.05, 4.69) is 10.2 Å². The maximum Gasteiger partial charge on any atom is 0.253 e. The number of nitrogens with zero attached hydrogens (tertiary/aromatic N) is 4. The third-order valence-corrected chi connectivity index (χ3v) is 9.48. The van der Waals surface area contributed by atoms with Crippen LogP contribution in [0.3, 0.4) is 0 Å². The van der Waals surface area contributed by atoms with Crippen molar-refractivity contribution < 1.29 is 17.6 Å². The summed E-state index contributed by atoms with van der Waals surface area (Å²) in [5.74, 6) is 0.692. The Morgan fingerprint density at radius 1 is 0.769 bits per heavy atom.